The lowest BCUT2D eigenvalue weighted by Gasteiger charge is -2.34. The Morgan fingerprint density at radius 2 is 1.35 bits per heavy atom. The highest BCUT2D eigenvalue weighted by Crippen LogP contribution is 2.27. The van der Waals surface area contributed by atoms with Crippen LogP contribution >= 0.6 is 0 Å². The van der Waals surface area contributed by atoms with E-state index in [0.29, 0.717) is 0 Å². The quantitative estimate of drug-likeness (QED) is 0.233. The number of carbonyl (C=O) groups excluding carboxylic acids is 2. The van der Waals surface area contributed by atoms with Crippen LogP contribution in [0.4, 0.5) is 10.1 Å². The van der Waals surface area contributed by atoms with E-state index in [4.69, 9.17) is 0 Å². The lowest BCUT2D eigenvalue weighted by molar-refractivity contribution is -0.140. The van der Waals surface area contributed by atoms with Crippen LogP contribution in [0.3, 0.4) is 0 Å². The Kier molecular flexibility index (Phi) is 10.3. The van der Waals surface area contributed by atoms with E-state index in [-0.39, 0.29) is 35.5 Å². The van der Waals surface area contributed by atoms with Crippen molar-refractivity contribution in [2.45, 2.75) is 50.7 Å². The molecule has 2 amide bonds. The van der Waals surface area contributed by atoms with Gasteiger partial charge in [0.2, 0.25) is 11.8 Å². The van der Waals surface area contributed by atoms with Crippen LogP contribution in [0.25, 0.3) is 0 Å². The molecular weight excluding hydrogens is 565 g/mol. The van der Waals surface area contributed by atoms with Gasteiger partial charge in [0.1, 0.15) is 18.4 Å². The fourth-order valence-electron chi connectivity index (χ4n) is 4.72. The van der Waals surface area contributed by atoms with E-state index < -0.39 is 34.3 Å². The van der Waals surface area contributed by atoms with Gasteiger partial charge in [-0.3, -0.25) is 13.9 Å². The summed E-state index contributed by atoms with van der Waals surface area (Å²) in [6.45, 7) is 4.80. The Morgan fingerprint density at radius 1 is 0.791 bits per heavy atom. The summed E-state index contributed by atoms with van der Waals surface area (Å²) in [4.78, 5) is 29.3. The molecule has 0 radical (unpaired) electrons. The number of amides is 2. The molecule has 43 heavy (non-hydrogen) atoms. The van der Waals surface area contributed by atoms with Crippen LogP contribution in [0.5, 0.6) is 0 Å². The first-order valence-corrected chi connectivity index (χ1v) is 15.5. The molecule has 4 aromatic carbocycles. The number of hydrogen-bond donors (Lipinski definition) is 1. The van der Waals surface area contributed by atoms with Gasteiger partial charge in [0.25, 0.3) is 10.0 Å². The second-order valence-corrected chi connectivity index (χ2v) is 12.5. The molecule has 0 spiro atoms. The largest absolute Gasteiger partial charge is 0.352 e. The molecule has 0 aliphatic rings. The van der Waals surface area contributed by atoms with Crippen molar-refractivity contribution < 1.29 is 22.4 Å². The average Bonchev–Trinajstić information content (AvgIpc) is 2.99. The maximum atomic E-state index is 15.2. The Morgan fingerprint density at radius 3 is 1.93 bits per heavy atom. The molecule has 4 aromatic rings. The van der Waals surface area contributed by atoms with Gasteiger partial charge in [0.15, 0.2) is 0 Å². The van der Waals surface area contributed by atoms with Crippen LogP contribution in [0, 0.1) is 12.7 Å². The molecule has 0 saturated heterocycles. The molecular formula is C34H36FN3O4S. The molecule has 9 heteroatoms. The van der Waals surface area contributed by atoms with Crippen molar-refractivity contribution >= 4 is 27.5 Å². The standard InChI is InChI=1S/C34H36FN3O4S/c1-25(2)36-34(40)32(22-27-12-6-4-7-13-27)37(23-28-14-8-5-9-15-28)33(39)24-38(31-17-11-10-16-30(31)35)43(41,42)29-20-18-26(3)19-21-29/h4-21,25,32H,22-24H2,1-3H3,(H,36,40). The van der Waals surface area contributed by atoms with Gasteiger partial charge in [-0.15, -0.1) is 0 Å². The van der Waals surface area contributed by atoms with E-state index in [0.717, 1.165) is 27.1 Å². The molecule has 224 valence electrons. The SMILES string of the molecule is Cc1ccc(S(=O)(=O)N(CC(=O)N(Cc2ccccc2)C(Cc2ccccc2)C(=O)NC(C)C)c2ccccc2F)cc1. The van der Waals surface area contributed by atoms with Gasteiger partial charge in [0.05, 0.1) is 10.6 Å². The van der Waals surface area contributed by atoms with Crippen LogP contribution in [-0.2, 0) is 32.6 Å². The van der Waals surface area contributed by atoms with Gasteiger partial charge in [0, 0.05) is 19.0 Å². The van der Waals surface area contributed by atoms with Gasteiger partial charge in [-0.2, -0.15) is 0 Å². The number of anilines is 1. The Balaban J connectivity index is 1.80. The number of rotatable bonds is 12. The summed E-state index contributed by atoms with van der Waals surface area (Å²) >= 11 is 0. The highest BCUT2D eigenvalue weighted by Gasteiger charge is 2.35. The van der Waals surface area contributed by atoms with E-state index in [2.05, 4.69) is 5.32 Å². The highest BCUT2D eigenvalue weighted by atomic mass is 32.2. The number of benzene rings is 4. The van der Waals surface area contributed by atoms with Gasteiger partial charge in [-0.1, -0.05) is 90.5 Å². The predicted molar refractivity (Wildman–Crippen MR) is 166 cm³/mol. The van der Waals surface area contributed by atoms with Crippen molar-refractivity contribution in [3.63, 3.8) is 0 Å². The van der Waals surface area contributed by atoms with Gasteiger partial charge in [-0.05, 0) is 56.2 Å². The number of nitrogens with zero attached hydrogens (tertiary/aromatic N) is 2. The zero-order chi connectivity index (χ0) is 31.0. The molecule has 1 atom stereocenters. The second kappa shape index (κ2) is 14.1. The zero-order valence-corrected chi connectivity index (χ0v) is 25.3. The summed E-state index contributed by atoms with van der Waals surface area (Å²) in [7, 11) is -4.37. The minimum atomic E-state index is -4.37. The summed E-state index contributed by atoms with van der Waals surface area (Å²) in [5.41, 5.74) is 2.17. The maximum Gasteiger partial charge on any atom is 0.264 e. The van der Waals surface area contributed by atoms with Crippen LogP contribution in [-0.4, -0.2) is 43.8 Å². The van der Waals surface area contributed by atoms with Gasteiger partial charge >= 0.3 is 0 Å². The Hall–Kier alpha value is -4.50. The summed E-state index contributed by atoms with van der Waals surface area (Å²) in [5, 5.41) is 2.92. The van der Waals surface area contributed by atoms with Gasteiger partial charge < -0.3 is 10.2 Å². The van der Waals surface area contributed by atoms with Crippen molar-refractivity contribution in [1.29, 1.82) is 0 Å². The van der Waals surface area contributed by atoms with E-state index in [1.165, 1.54) is 35.2 Å². The van der Waals surface area contributed by atoms with E-state index in [1.54, 1.807) is 12.1 Å². The first-order valence-electron chi connectivity index (χ1n) is 14.1. The van der Waals surface area contributed by atoms with Crippen molar-refractivity contribution in [1.82, 2.24) is 10.2 Å². The summed E-state index contributed by atoms with van der Waals surface area (Å²) < 4.78 is 43.9. The number of halogens is 1. The molecule has 0 aliphatic carbocycles. The van der Waals surface area contributed by atoms with Crippen LogP contribution < -0.4 is 9.62 Å². The molecule has 0 aromatic heterocycles. The fraction of sp³-hybridized carbons (Fsp3) is 0.235. The third-order valence-electron chi connectivity index (χ3n) is 6.91. The number of nitrogens with one attached hydrogen (secondary N) is 1. The molecule has 1 N–H and O–H groups in total. The summed E-state index contributed by atoms with van der Waals surface area (Å²) in [6.07, 6.45) is 0.197. The molecule has 0 heterocycles. The third kappa shape index (κ3) is 8.08. The van der Waals surface area contributed by atoms with Crippen molar-refractivity contribution in [2.75, 3.05) is 10.8 Å². The fourth-order valence-corrected chi connectivity index (χ4v) is 6.14. The average molecular weight is 602 g/mol. The van der Waals surface area contributed by atoms with E-state index >= 15 is 4.39 Å². The molecule has 0 bridgehead atoms. The Labute approximate surface area is 253 Å². The maximum absolute atomic E-state index is 15.2. The van der Waals surface area contributed by atoms with Crippen molar-refractivity contribution in [3.05, 3.63) is 132 Å². The van der Waals surface area contributed by atoms with Gasteiger partial charge in [-0.25, -0.2) is 12.8 Å². The van der Waals surface area contributed by atoms with Crippen molar-refractivity contribution in [2.24, 2.45) is 0 Å². The Bertz CT molecular complexity index is 1630. The molecule has 0 saturated carbocycles. The lowest BCUT2D eigenvalue weighted by Crippen LogP contribution is -2.54. The number of para-hydroxylation sites is 1. The number of aryl methyl sites for hydroxylation is 1. The van der Waals surface area contributed by atoms with Crippen molar-refractivity contribution in [3.8, 4) is 0 Å². The molecule has 0 aliphatic heterocycles. The number of carbonyl (C=O) groups is 2. The highest BCUT2D eigenvalue weighted by molar-refractivity contribution is 7.92. The molecule has 0 fully saturated rings. The topological polar surface area (TPSA) is 86.8 Å². The van der Waals surface area contributed by atoms with Crippen LogP contribution in [0.2, 0.25) is 0 Å². The van der Waals surface area contributed by atoms with E-state index in [1.807, 2.05) is 81.4 Å². The summed E-state index contributed by atoms with van der Waals surface area (Å²) in [5.74, 6) is -1.82. The minimum absolute atomic E-state index is 0.0401. The second-order valence-electron chi connectivity index (χ2n) is 10.7. The first-order chi connectivity index (χ1) is 20.6. The van der Waals surface area contributed by atoms with Crippen LogP contribution in [0.1, 0.15) is 30.5 Å². The first kappa shape index (κ1) is 31.4. The molecule has 1 unspecified atom stereocenters. The predicted octanol–water partition coefficient (Wildman–Crippen LogP) is 5.49. The zero-order valence-electron chi connectivity index (χ0n) is 24.5. The number of hydrogen-bond acceptors (Lipinski definition) is 4. The normalized spacial score (nSPS) is 12.0. The number of sulfonamides is 1. The molecule has 4 rings (SSSR count). The minimum Gasteiger partial charge on any atom is -0.352 e. The monoisotopic (exact) mass is 601 g/mol. The molecule has 7 nitrogen and oxygen atoms in total. The lowest BCUT2D eigenvalue weighted by atomic mass is 10.0. The summed E-state index contributed by atoms with van der Waals surface area (Å²) in [6, 6.07) is 28.9. The van der Waals surface area contributed by atoms with Crippen LogP contribution in [0.15, 0.2) is 114 Å². The smallest absolute Gasteiger partial charge is 0.264 e. The third-order valence-corrected chi connectivity index (χ3v) is 8.68. The van der Waals surface area contributed by atoms with E-state index in [9.17, 15) is 18.0 Å².